The summed E-state index contributed by atoms with van der Waals surface area (Å²) in [5.41, 5.74) is 2.23. The Morgan fingerprint density at radius 1 is 1.13 bits per heavy atom. The van der Waals surface area contributed by atoms with Gasteiger partial charge in [0.05, 0.1) is 11.6 Å². The van der Waals surface area contributed by atoms with E-state index in [4.69, 9.17) is 4.74 Å². The average molecular weight is 407 g/mol. The predicted molar refractivity (Wildman–Crippen MR) is 114 cm³/mol. The number of nitrogens with zero attached hydrogens (tertiary/aromatic N) is 1. The number of carbonyl (C=O) groups excluding carboxylic acids is 2. The van der Waals surface area contributed by atoms with Crippen molar-refractivity contribution in [3.05, 3.63) is 83.4 Å². The molecule has 1 aliphatic rings. The van der Waals surface area contributed by atoms with Crippen LogP contribution in [0.4, 0.5) is 0 Å². The number of aliphatic hydroxyl groups is 2. The molecule has 1 heterocycles. The van der Waals surface area contributed by atoms with Gasteiger partial charge >= 0.3 is 0 Å². The number of aliphatic hydroxyl groups excluding tert-OH is 2. The van der Waals surface area contributed by atoms with E-state index >= 15 is 0 Å². The molecule has 2 aromatic rings. The number of likely N-dealkylation sites (tertiary alicyclic amines) is 1. The van der Waals surface area contributed by atoms with Crippen LogP contribution >= 0.6 is 0 Å². The summed E-state index contributed by atoms with van der Waals surface area (Å²) in [5.74, 6) is -1.05. The van der Waals surface area contributed by atoms with Crippen LogP contribution in [0, 0.1) is 6.92 Å². The van der Waals surface area contributed by atoms with Gasteiger partial charge in [0.2, 0.25) is 0 Å². The highest BCUT2D eigenvalue weighted by Crippen LogP contribution is 2.39. The summed E-state index contributed by atoms with van der Waals surface area (Å²) >= 11 is 0. The van der Waals surface area contributed by atoms with Gasteiger partial charge < -0.3 is 19.8 Å². The summed E-state index contributed by atoms with van der Waals surface area (Å²) in [6.45, 7) is 6.01. The van der Waals surface area contributed by atoms with Crippen LogP contribution in [0.15, 0.2) is 66.8 Å². The predicted octanol–water partition coefficient (Wildman–Crippen LogP) is 3.36. The second-order valence-electron chi connectivity index (χ2n) is 7.10. The van der Waals surface area contributed by atoms with E-state index in [0.717, 1.165) is 11.1 Å². The fraction of sp³-hybridized carbons (Fsp3) is 0.250. The van der Waals surface area contributed by atoms with Crippen LogP contribution in [0.3, 0.4) is 0 Å². The Labute approximate surface area is 175 Å². The van der Waals surface area contributed by atoms with Crippen molar-refractivity contribution in [2.24, 2.45) is 0 Å². The quantitative estimate of drug-likeness (QED) is 0.303. The maximum absolute atomic E-state index is 12.8. The van der Waals surface area contributed by atoms with Crippen LogP contribution < -0.4 is 4.74 Å². The zero-order valence-electron chi connectivity index (χ0n) is 16.9. The molecular formula is C24H25NO5. The summed E-state index contributed by atoms with van der Waals surface area (Å²) in [7, 11) is 0. The van der Waals surface area contributed by atoms with Crippen molar-refractivity contribution in [2.75, 3.05) is 19.8 Å². The number of aryl methyl sites for hydroxylation is 1. The van der Waals surface area contributed by atoms with Gasteiger partial charge in [0.15, 0.2) is 0 Å². The monoisotopic (exact) mass is 407 g/mol. The number of benzene rings is 2. The van der Waals surface area contributed by atoms with Gasteiger partial charge in [-0.3, -0.25) is 9.59 Å². The van der Waals surface area contributed by atoms with Crippen LogP contribution in [0.5, 0.6) is 5.75 Å². The molecule has 3 rings (SSSR count). The van der Waals surface area contributed by atoms with Crippen molar-refractivity contribution in [1.82, 2.24) is 4.90 Å². The largest absolute Gasteiger partial charge is 0.507 e. The van der Waals surface area contributed by atoms with Gasteiger partial charge in [-0.2, -0.15) is 0 Å². The minimum atomic E-state index is -0.733. The maximum atomic E-state index is 12.8. The fourth-order valence-electron chi connectivity index (χ4n) is 3.47. The first-order valence-corrected chi connectivity index (χ1v) is 9.78. The molecule has 156 valence electrons. The van der Waals surface area contributed by atoms with Crippen molar-refractivity contribution in [3.8, 4) is 5.75 Å². The lowest BCUT2D eigenvalue weighted by Crippen LogP contribution is -2.31. The number of ketones is 1. The number of hydrogen-bond acceptors (Lipinski definition) is 5. The average Bonchev–Trinajstić information content (AvgIpc) is 3.01. The van der Waals surface area contributed by atoms with Gasteiger partial charge in [0.1, 0.15) is 18.1 Å². The molecule has 0 aliphatic carbocycles. The highest BCUT2D eigenvalue weighted by Gasteiger charge is 2.45. The number of rotatable bonds is 8. The molecule has 0 radical (unpaired) electrons. The van der Waals surface area contributed by atoms with E-state index in [-0.39, 0.29) is 24.5 Å². The summed E-state index contributed by atoms with van der Waals surface area (Å²) in [4.78, 5) is 27.0. The molecule has 0 spiro atoms. The highest BCUT2D eigenvalue weighted by molar-refractivity contribution is 6.46. The molecule has 0 aromatic heterocycles. The Morgan fingerprint density at radius 2 is 1.80 bits per heavy atom. The topological polar surface area (TPSA) is 87.1 Å². The van der Waals surface area contributed by atoms with Gasteiger partial charge in [-0.25, -0.2) is 0 Å². The van der Waals surface area contributed by atoms with Crippen LogP contribution in [-0.4, -0.2) is 46.6 Å². The molecule has 0 unspecified atom stereocenters. The molecule has 1 atom stereocenters. The van der Waals surface area contributed by atoms with Gasteiger partial charge in [-0.15, -0.1) is 0 Å². The summed E-state index contributed by atoms with van der Waals surface area (Å²) < 4.78 is 5.45. The Hall–Kier alpha value is -3.38. The second-order valence-corrected chi connectivity index (χ2v) is 7.10. The molecule has 1 saturated heterocycles. The Balaban J connectivity index is 2.05. The van der Waals surface area contributed by atoms with E-state index < -0.39 is 17.7 Å². The third kappa shape index (κ3) is 4.28. The zero-order valence-corrected chi connectivity index (χ0v) is 16.9. The molecular weight excluding hydrogens is 382 g/mol. The van der Waals surface area contributed by atoms with Gasteiger partial charge in [-0.1, -0.05) is 42.5 Å². The van der Waals surface area contributed by atoms with Crippen molar-refractivity contribution in [3.63, 3.8) is 0 Å². The van der Waals surface area contributed by atoms with E-state index in [1.54, 1.807) is 30.3 Å². The standard InChI is InChI=1S/C24H25NO5/c1-3-15-30-19-11-9-18(10-12-19)22(27)20-21(17-7-5-16(2)6-8-17)25(13-4-14-26)24(29)23(20)28/h3,5-12,21,26-27H,1,4,13-15H2,2H3/t21-/m1/s1. The third-order valence-electron chi connectivity index (χ3n) is 4.99. The van der Waals surface area contributed by atoms with E-state index in [0.29, 0.717) is 24.3 Å². The first kappa shape index (κ1) is 21.3. The number of amides is 1. The minimum absolute atomic E-state index is 0.0431. The first-order valence-electron chi connectivity index (χ1n) is 9.78. The SMILES string of the molecule is C=CCOc1ccc(C(O)=C2C(=O)C(=O)N(CCCO)[C@@H]2c2ccc(C)cc2)cc1. The van der Waals surface area contributed by atoms with Gasteiger partial charge in [-0.05, 0) is 43.2 Å². The Kier molecular flexibility index (Phi) is 6.69. The van der Waals surface area contributed by atoms with Crippen molar-refractivity contribution in [1.29, 1.82) is 0 Å². The molecule has 1 amide bonds. The van der Waals surface area contributed by atoms with E-state index in [9.17, 15) is 19.8 Å². The summed E-state index contributed by atoms with van der Waals surface area (Å²) in [5, 5.41) is 20.2. The third-order valence-corrected chi connectivity index (χ3v) is 4.99. The van der Waals surface area contributed by atoms with Crippen molar-refractivity contribution in [2.45, 2.75) is 19.4 Å². The van der Waals surface area contributed by atoms with Crippen LogP contribution in [0.1, 0.15) is 29.2 Å². The van der Waals surface area contributed by atoms with Crippen molar-refractivity contribution < 1.29 is 24.5 Å². The van der Waals surface area contributed by atoms with E-state index in [1.165, 1.54) is 4.90 Å². The lowest BCUT2D eigenvalue weighted by atomic mass is 9.94. The normalized spacial score (nSPS) is 17.9. The first-order chi connectivity index (χ1) is 14.5. The minimum Gasteiger partial charge on any atom is -0.507 e. The smallest absolute Gasteiger partial charge is 0.295 e. The molecule has 2 aromatic carbocycles. The lowest BCUT2D eigenvalue weighted by Gasteiger charge is -2.25. The number of Topliss-reactive ketones (excluding diaryl/α,β-unsaturated/α-hetero) is 1. The van der Waals surface area contributed by atoms with Crippen molar-refractivity contribution >= 4 is 17.4 Å². The summed E-state index contributed by atoms with van der Waals surface area (Å²) in [6, 6.07) is 13.4. The number of ether oxygens (including phenoxy) is 1. The molecule has 6 heteroatoms. The number of hydrogen-bond donors (Lipinski definition) is 2. The molecule has 30 heavy (non-hydrogen) atoms. The molecule has 0 bridgehead atoms. The molecule has 6 nitrogen and oxygen atoms in total. The fourth-order valence-corrected chi connectivity index (χ4v) is 3.47. The zero-order chi connectivity index (χ0) is 21.7. The lowest BCUT2D eigenvalue weighted by molar-refractivity contribution is -0.140. The molecule has 1 fully saturated rings. The molecule has 2 N–H and O–H groups in total. The van der Waals surface area contributed by atoms with E-state index in [2.05, 4.69) is 6.58 Å². The molecule has 0 saturated carbocycles. The second kappa shape index (κ2) is 9.41. The highest BCUT2D eigenvalue weighted by atomic mass is 16.5. The Bertz CT molecular complexity index is 960. The Morgan fingerprint density at radius 3 is 2.40 bits per heavy atom. The van der Waals surface area contributed by atoms with Crippen LogP contribution in [-0.2, 0) is 9.59 Å². The van der Waals surface area contributed by atoms with Crippen LogP contribution in [0.25, 0.3) is 5.76 Å². The summed E-state index contributed by atoms with van der Waals surface area (Å²) in [6.07, 6.45) is 1.97. The van der Waals surface area contributed by atoms with Gasteiger partial charge in [0.25, 0.3) is 11.7 Å². The molecule has 1 aliphatic heterocycles. The van der Waals surface area contributed by atoms with E-state index in [1.807, 2.05) is 31.2 Å². The van der Waals surface area contributed by atoms with Gasteiger partial charge in [0, 0.05) is 18.7 Å². The maximum Gasteiger partial charge on any atom is 0.295 e. The van der Waals surface area contributed by atoms with Crippen LogP contribution in [0.2, 0.25) is 0 Å². The number of carbonyl (C=O) groups is 2.